The van der Waals surface area contributed by atoms with Crippen LogP contribution in [0.4, 0.5) is 5.69 Å². The fourth-order valence-corrected chi connectivity index (χ4v) is 3.48. The third-order valence-electron chi connectivity index (χ3n) is 4.77. The third kappa shape index (κ3) is 3.90. The van der Waals surface area contributed by atoms with Gasteiger partial charge in [-0.3, -0.25) is 9.59 Å². The average molecular weight is 336 g/mol. The number of hydrogen-bond acceptors (Lipinski definition) is 2. The Kier molecular flexibility index (Phi) is 4.88. The second-order valence-electron chi connectivity index (χ2n) is 6.90. The van der Waals surface area contributed by atoms with E-state index in [1.54, 1.807) is 4.90 Å². The molecule has 2 amide bonds. The van der Waals surface area contributed by atoms with Gasteiger partial charge in [0.1, 0.15) is 0 Å². The first-order chi connectivity index (χ1) is 11.9. The number of aryl methyl sites for hydroxylation is 2. The summed E-state index contributed by atoms with van der Waals surface area (Å²) >= 11 is 0. The number of likely N-dealkylation sites (tertiary alicyclic amines) is 1. The summed E-state index contributed by atoms with van der Waals surface area (Å²) in [5, 5.41) is 2.97. The highest BCUT2D eigenvalue weighted by Gasteiger charge is 2.37. The number of hydrogen-bond donors (Lipinski definition) is 1. The van der Waals surface area contributed by atoms with Gasteiger partial charge in [0, 0.05) is 18.7 Å². The molecule has 1 N–H and O–H groups in total. The van der Waals surface area contributed by atoms with E-state index in [1.807, 2.05) is 63.2 Å². The first-order valence-corrected chi connectivity index (χ1v) is 8.67. The van der Waals surface area contributed by atoms with E-state index in [-0.39, 0.29) is 30.2 Å². The molecule has 0 spiro atoms. The molecule has 2 aromatic rings. The minimum Gasteiger partial charge on any atom is -0.335 e. The van der Waals surface area contributed by atoms with Gasteiger partial charge in [0.15, 0.2) is 0 Å². The van der Waals surface area contributed by atoms with Gasteiger partial charge in [-0.1, -0.05) is 36.4 Å². The zero-order valence-corrected chi connectivity index (χ0v) is 15.0. The van der Waals surface area contributed by atoms with Gasteiger partial charge in [-0.25, -0.2) is 0 Å². The van der Waals surface area contributed by atoms with E-state index in [0.717, 1.165) is 22.4 Å². The topological polar surface area (TPSA) is 49.4 Å². The second-order valence-corrected chi connectivity index (χ2v) is 6.90. The summed E-state index contributed by atoms with van der Waals surface area (Å²) in [6.07, 6.45) is 0.272. The smallest absolute Gasteiger partial charge is 0.229 e. The Labute approximate surface area is 148 Å². The van der Waals surface area contributed by atoms with Crippen LogP contribution in [0.3, 0.4) is 0 Å². The van der Waals surface area contributed by atoms with Crippen molar-refractivity contribution in [2.45, 2.75) is 33.2 Å². The average Bonchev–Trinajstić information content (AvgIpc) is 2.96. The highest BCUT2D eigenvalue weighted by molar-refractivity contribution is 5.97. The van der Waals surface area contributed by atoms with Crippen molar-refractivity contribution in [2.24, 2.45) is 5.92 Å². The Balaban J connectivity index is 1.68. The van der Waals surface area contributed by atoms with Crippen molar-refractivity contribution >= 4 is 17.5 Å². The lowest BCUT2D eigenvalue weighted by Crippen LogP contribution is -2.30. The van der Waals surface area contributed by atoms with E-state index in [9.17, 15) is 9.59 Å². The lowest BCUT2D eigenvalue weighted by atomic mass is 10.1. The number of carbonyl (C=O) groups is 2. The predicted octanol–water partition coefficient (Wildman–Crippen LogP) is 3.85. The summed E-state index contributed by atoms with van der Waals surface area (Å²) in [4.78, 5) is 26.8. The van der Waals surface area contributed by atoms with Crippen LogP contribution in [-0.4, -0.2) is 23.3 Å². The summed E-state index contributed by atoms with van der Waals surface area (Å²) in [6.45, 7) is 6.49. The van der Waals surface area contributed by atoms with Crippen molar-refractivity contribution in [2.75, 3.05) is 11.9 Å². The third-order valence-corrected chi connectivity index (χ3v) is 4.77. The van der Waals surface area contributed by atoms with Crippen LogP contribution in [-0.2, 0) is 9.59 Å². The van der Waals surface area contributed by atoms with Crippen LogP contribution in [0.25, 0.3) is 0 Å². The van der Waals surface area contributed by atoms with Crippen LogP contribution in [0.15, 0.2) is 48.5 Å². The van der Waals surface area contributed by atoms with E-state index < -0.39 is 0 Å². The Morgan fingerprint density at radius 2 is 1.76 bits per heavy atom. The lowest BCUT2D eigenvalue weighted by Gasteiger charge is -2.25. The molecule has 1 heterocycles. The van der Waals surface area contributed by atoms with E-state index in [4.69, 9.17) is 0 Å². The number of nitrogens with zero attached hydrogens (tertiary/aromatic N) is 1. The van der Waals surface area contributed by atoms with Gasteiger partial charge in [-0.15, -0.1) is 0 Å². The molecule has 4 heteroatoms. The molecule has 0 saturated carbocycles. The second kappa shape index (κ2) is 7.09. The Morgan fingerprint density at radius 1 is 1.12 bits per heavy atom. The molecule has 1 saturated heterocycles. The Morgan fingerprint density at radius 3 is 2.40 bits per heavy atom. The van der Waals surface area contributed by atoms with Crippen molar-refractivity contribution in [1.29, 1.82) is 0 Å². The Hall–Kier alpha value is -2.62. The summed E-state index contributed by atoms with van der Waals surface area (Å²) in [5.41, 5.74) is 4.10. The van der Waals surface area contributed by atoms with Gasteiger partial charge in [0.2, 0.25) is 11.8 Å². The van der Waals surface area contributed by atoms with Gasteiger partial charge < -0.3 is 10.2 Å². The van der Waals surface area contributed by atoms with Crippen LogP contribution >= 0.6 is 0 Å². The zero-order chi connectivity index (χ0) is 18.0. The molecular weight excluding hydrogens is 312 g/mol. The maximum absolute atomic E-state index is 12.6. The number of benzene rings is 2. The molecule has 2 aromatic carbocycles. The molecule has 0 unspecified atom stereocenters. The maximum atomic E-state index is 12.6. The van der Waals surface area contributed by atoms with Crippen molar-refractivity contribution in [3.63, 3.8) is 0 Å². The van der Waals surface area contributed by atoms with Crippen molar-refractivity contribution < 1.29 is 9.59 Å². The fraction of sp³-hybridized carbons (Fsp3) is 0.333. The predicted molar refractivity (Wildman–Crippen MR) is 99.2 cm³/mol. The molecular formula is C21H24N2O2. The number of amides is 2. The summed E-state index contributed by atoms with van der Waals surface area (Å²) in [6, 6.07) is 15.9. The molecule has 2 atom stereocenters. The standard InChI is InChI=1S/C21H24N2O2/c1-14-9-15(2)11-19(10-14)22-21(25)18-12-20(24)23(13-18)16(3)17-7-5-4-6-8-17/h4-11,16,18H,12-13H2,1-3H3,(H,22,25)/t16-,18-/m0/s1. The fourth-order valence-electron chi connectivity index (χ4n) is 3.48. The maximum Gasteiger partial charge on any atom is 0.229 e. The first-order valence-electron chi connectivity index (χ1n) is 8.67. The van der Waals surface area contributed by atoms with Crippen LogP contribution < -0.4 is 5.32 Å². The zero-order valence-electron chi connectivity index (χ0n) is 15.0. The quantitative estimate of drug-likeness (QED) is 0.922. The summed E-state index contributed by atoms with van der Waals surface area (Å²) < 4.78 is 0. The minimum atomic E-state index is -0.306. The van der Waals surface area contributed by atoms with Crippen molar-refractivity contribution in [1.82, 2.24) is 4.90 Å². The number of carbonyl (C=O) groups excluding carboxylic acids is 2. The van der Waals surface area contributed by atoms with Gasteiger partial charge in [-0.2, -0.15) is 0 Å². The van der Waals surface area contributed by atoms with E-state index in [1.165, 1.54) is 0 Å². The lowest BCUT2D eigenvalue weighted by molar-refractivity contribution is -0.129. The first kappa shape index (κ1) is 17.2. The molecule has 0 aliphatic carbocycles. The monoisotopic (exact) mass is 336 g/mol. The van der Waals surface area contributed by atoms with Crippen molar-refractivity contribution in [3.05, 3.63) is 65.2 Å². The number of nitrogens with one attached hydrogen (secondary N) is 1. The molecule has 1 fully saturated rings. The van der Waals surface area contributed by atoms with Crippen LogP contribution in [0, 0.1) is 19.8 Å². The van der Waals surface area contributed by atoms with Crippen LogP contribution in [0.5, 0.6) is 0 Å². The molecule has 25 heavy (non-hydrogen) atoms. The van der Waals surface area contributed by atoms with Gasteiger partial charge >= 0.3 is 0 Å². The SMILES string of the molecule is Cc1cc(C)cc(NC(=O)[C@H]2CC(=O)N([C@@H](C)c3ccccc3)C2)c1. The highest BCUT2D eigenvalue weighted by Crippen LogP contribution is 2.29. The number of anilines is 1. The highest BCUT2D eigenvalue weighted by atomic mass is 16.2. The molecule has 4 nitrogen and oxygen atoms in total. The minimum absolute atomic E-state index is 0.0206. The van der Waals surface area contributed by atoms with E-state index >= 15 is 0 Å². The van der Waals surface area contributed by atoms with Gasteiger partial charge in [0.05, 0.1) is 12.0 Å². The van der Waals surface area contributed by atoms with E-state index in [2.05, 4.69) is 11.4 Å². The molecule has 130 valence electrons. The number of rotatable bonds is 4. The van der Waals surface area contributed by atoms with Crippen molar-refractivity contribution in [3.8, 4) is 0 Å². The van der Waals surface area contributed by atoms with Crippen LogP contribution in [0.2, 0.25) is 0 Å². The van der Waals surface area contributed by atoms with E-state index in [0.29, 0.717) is 6.54 Å². The van der Waals surface area contributed by atoms with Crippen LogP contribution in [0.1, 0.15) is 36.1 Å². The molecule has 1 aliphatic heterocycles. The molecule has 0 aromatic heterocycles. The normalized spacial score (nSPS) is 18.3. The Bertz CT molecular complexity index is 765. The molecule has 3 rings (SSSR count). The largest absolute Gasteiger partial charge is 0.335 e. The van der Waals surface area contributed by atoms with Gasteiger partial charge in [0.25, 0.3) is 0 Å². The summed E-state index contributed by atoms with van der Waals surface area (Å²) in [5.74, 6) is -0.350. The molecule has 1 aliphatic rings. The summed E-state index contributed by atoms with van der Waals surface area (Å²) in [7, 11) is 0. The molecule has 0 radical (unpaired) electrons. The van der Waals surface area contributed by atoms with Gasteiger partial charge in [-0.05, 0) is 49.6 Å². The molecule has 0 bridgehead atoms.